The second-order valence-electron chi connectivity index (χ2n) is 6.86. The van der Waals surface area contributed by atoms with E-state index in [1.54, 1.807) is 6.08 Å². The van der Waals surface area contributed by atoms with E-state index in [9.17, 15) is 4.79 Å². The van der Waals surface area contributed by atoms with Gasteiger partial charge in [-0.15, -0.1) is 0 Å². The Morgan fingerprint density at radius 3 is 2.00 bits per heavy atom. The lowest BCUT2D eigenvalue weighted by Gasteiger charge is -2.29. The molecule has 0 saturated carbocycles. The fourth-order valence-electron chi connectivity index (χ4n) is 3.33. The lowest BCUT2D eigenvalue weighted by atomic mass is 9.96. The van der Waals surface area contributed by atoms with Gasteiger partial charge < -0.3 is 4.90 Å². The van der Waals surface area contributed by atoms with E-state index in [-0.39, 0.29) is 5.78 Å². The van der Waals surface area contributed by atoms with Gasteiger partial charge in [0.25, 0.3) is 0 Å². The van der Waals surface area contributed by atoms with Crippen LogP contribution in [0.1, 0.15) is 21.5 Å². The molecule has 29 heavy (non-hydrogen) atoms. The van der Waals surface area contributed by atoms with Crippen LogP contribution < -0.4 is 0 Å². The lowest BCUT2D eigenvalue weighted by Crippen LogP contribution is -2.19. The first-order chi connectivity index (χ1) is 14.1. The number of likely N-dealkylation sites (N-methyl/N-ethyl adjacent to an activating group) is 1. The Morgan fingerprint density at radius 1 is 0.793 bits per heavy atom. The Morgan fingerprint density at radius 2 is 1.38 bits per heavy atom. The summed E-state index contributed by atoms with van der Waals surface area (Å²) in [5.74, 6) is -0.0164. The topological polar surface area (TPSA) is 20.3 Å². The average molecular weight is 442 g/mol. The summed E-state index contributed by atoms with van der Waals surface area (Å²) in [6, 6.07) is 27.9. The number of halogens is 1. The molecule has 0 N–H and O–H groups in total. The van der Waals surface area contributed by atoms with Crippen LogP contribution in [0.4, 0.5) is 0 Å². The second-order valence-corrected chi connectivity index (χ2v) is 7.78. The average Bonchev–Trinajstić information content (AvgIpc) is 2.77. The quantitative estimate of drug-likeness (QED) is 0.336. The molecule has 4 rings (SSSR count). The zero-order valence-corrected chi connectivity index (χ0v) is 17.6. The zero-order chi connectivity index (χ0) is 20.2. The summed E-state index contributed by atoms with van der Waals surface area (Å²) in [6.45, 7) is 0. The van der Waals surface area contributed by atoms with Gasteiger partial charge in [-0.3, -0.25) is 4.79 Å². The monoisotopic (exact) mass is 441 g/mol. The van der Waals surface area contributed by atoms with Crippen molar-refractivity contribution in [2.24, 2.45) is 0 Å². The Bertz CT molecular complexity index is 1110. The van der Waals surface area contributed by atoms with Gasteiger partial charge in [0, 0.05) is 34.6 Å². The number of ketones is 1. The number of hydrogen-bond donors (Lipinski definition) is 0. The predicted octanol–water partition coefficient (Wildman–Crippen LogP) is 6.59. The lowest BCUT2D eigenvalue weighted by molar-refractivity contribution is 0.104. The van der Waals surface area contributed by atoms with Crippen molar-refractivity contribution in [3.8, 4) is 0 Å². The van der Waals surface area contributed by atoms with Crippen molar-refractivity contribution in [2.45, 2.75) is 0 Å². The molecule has 3 aromatic rings. The number of hydrogen-bond acceptors (Lipinski definition) is 2. The fraction of sp³-hybridized carbons (Fsp3) is 0.0385. The highest BCUT2D eigenvalue weighted by Gasteiger charge is 2.19. The van der Waals surface area contributed by atoms with Gasteiger partial charge >= 0.3 is 0 Å². The number of benzene rings is 3. The molecule has 0 amide bonds. The Hall–Kier alpha value is -3.17. The van der Waals surface area contributed by atoms with Gasteiger partial charge in [0.2, 0.25) is 0 Å². The van der Waals surface area contributed by atoms with Crippen LogP contribution in [-0.4, -0.2) is 17.7 Å². The van der Waals surface area contributed by atoms with Crippen LogP contribution in [0, 0.1) is 0 Å². The molecule has 0 aliphatic carbocycles. The molecule has 2 nitrogen and oxygen atoms in total. The van der Waals surface area contributed by atoms with Gasteiger partial charge in [0.05, 0.1) is 0 Å². The smallest absolute Gasteiger partial charge is 0.187 e. The minimum Gasteiger partial charge on any atom is -0.344 e. The Labute approximate surface area is 179 Å². The molecule has 0 unspecified atom stereocenters. The van der Waals surface area contributed by atoms with E-state index < -0.39 is 0 Å². The first-order valence-electron chi connectivity index (χ1n) is 9.41. The van der Waals surface area contributed by atoms with Gasteiger partial charge in [0.1, 0.15) is 0 Å². The Kier molecular flexibility index (Phi) is 5.59. The summed E-state index contributed by atoms with van der Waals surface area (Å²) in [6.07, 6.45) is 5.95. The van der Waals surface area contributed by atoms with Crippen molar-refractivity contribution in [1.82, 2.24) is 4.90 Å². The predicted molar refractivity (Wildman–Crippen MR) is 123 cm³/mol. The number of nitrogens with zero attached hydrogens (tertiary/aromatic N) is 1. The van der Waals surface area contributed by atoms with E-state index in [1.807, 2.05) is 67.7 Å². The largest absolute Gasteiger partial charge is 0.344 e. The summed E-state index contributed by atoms with van der Waals surface area (Å²) in [5, 5.41) is 0. The van der Waals surface area contributed by atoms with Gasteiger partial charge in [-0.05, 0) is 53.1 Å². The third-order valence-corrected chi connectivity index (χ3v) is 5.46. The molecule has 0 spiro atoms. The van der Waals surface area contributed by atoms with Crippen molar-refractivity contribution < 1.29 is 4.79 Å². The molecule has 1 aliphatic rings. The minimum absolute atomic E-state index is 0.0164. The molecule has 0 fully saturated rings. The van der Waals surface area contributed by atoms with Crippen molar-refractivity contribution in [3.05, 3.63) is 130 Å². The molecule has 1 aliphatic heterocycles. The van der Waals surface area contributed by atoms with Crippen LogP contribution in [0.5, 0.6) is 0 Å². The third kappa shape index (κ3) is 4.30. The number of rotatable bonds is 4. The standard InChI is InChI=1S/C26H20BrNO/c1-28-24(18-26(29)21-12-14-23(27)15-13-21)16-22(19-8-4-2-5-9-19)17-25(28)20-10-6-3-7-11-20/h2-18H,1H3/b24-18+. The van der Waals surface area contributed by atoms with Crippen LogP contribution in [0.15, 0.2) is 113 Å². The van der Waals surface area contributed by atoms with Crippen LogP contribution >= 0.6 is 15.9 Å². The minimum atomic E-state index is -0.0164. The van der Waals surface area contributed by atoms with Crippen molar-refractivity contribution >= 4 is 33.0 Å². The molecule has 0 saturated heterocycles. The first-order valence-corrected chi connectivity index (χ1v) is 10.2. The zero-order valence-electron chi connectivity index (χ0n) is 16.0. The molecule has 3 heteroatoms. The van der Waals surface area contributed by atoms with Crippen LogP contribution in [-0.2, 0) is 0 Å². The molecule has 0 aromatic heterocycles. The summed E-state index contributed by atoms with van der Waals surface area (Å²) in [5.41, 5.74) is 5.89. The summed E-state index contributed by atoms with van der Waals surface area (Å²) < 4.78 is 0.956. The fourth-order valence-corrected chi connectivity index (χ4v) is 3.60. The molecule has 0 radical (unpaired) electrons. The van der Waals surface area contributed by atoms with Crippen LogP contribution in [0.2, 0.25) is 0 Å². The Balaban J connectivity index is 1.78. The van der Waals surface area contributed by atoms with E-state index in [0.717, 1.165) is 32.6 Å². The second kappa shape index (κ2) is 8.46. The van der Waals surface area contributed by atoms with E-state index in [4.69, 9.17) is 0 Å². The maximum absolute atomic E-state index is 12.9. The van der Waals surface area contributed by atoms with Crippen molar-refractivity contribution in [1.29, 1.82) is 0 Å². The van der Waals surface area contributed by atoms with Crippen molar-refractivity contribution in [2.75, 3.05) is 7.05 Å². The highest BCUT2D eigenvalue weighted by atomic mass is 79.9. The molecule has 3 aromatic carbocycles. The number of carbonyl (C=O) groups excluding carboxylic acids is 1. The normalized spacial score (nSPS) is 15.1. The molecule has 1 heterocycles. The van der Waals surface area contributed by atoms with Gasteiger partial charge in [0.15, 0.2) is 5.78 Å². The third-order valence-electron chi connectivity index (χ3n) is 4.93. The maximum atomic E-state index is 12.9. The highest BCUT2D eigenvalue weighted by Crippen LogP contribution is 2.33. The van der Waals surface area contributed by atoms with E-state index >= 15 is 0 Å². The SMILES string of the molecule is CN1C(c2ccccc2)=CC(c2ccccc2)=C/C1=C\C(=O)c1ccc(Br)cc1. The molecule has 0 bridgehead atoms. The van der Waals surface area contributed by atoms with Crippen LogP contribution in [0.25, 0.3) is 11.3 Å². The van der Waals surface area contributed by atoms with Crippen LogP contribution in [0.3, 0.4) is 0 Å². The molecular formula is C26H20BrNO. The van der Waals surface area contributed by atoms with Gasteiger partial charge in [-0.1, -0.05) is 76.6 Å². The summed E-state index contributed by atoms with van der Waals surface area (Å²) in [7, 11) is 2.00. The van der Waals surface area contributed by atoms with E-state index in [2.05, 4.69) is 57.2 Å². The highest BCUT2D eigenvalue weighted by molar-refractivity contribution is 9.10. The van der Waals surface area contributed by atoms with Gasteiger partial charge in [-0.25, -0.2) is 0 Å². The first kappa shape index (κ1) is 19.2. The number of carbonyl (C=O) groups is 1. The number of allylic oxidation sites excluding steroid dienone is 4. The molecule has 142 valence electrons. The van der Waals surface area contributed by atoms with E-state index in [1.165, 1.54) is 0 Å². The molecule has 0 atom stereocenters. The molecular weight excluding hydrogens is 422 g/mol. The summed E-state index contributed by atoms with van der Waals surface area (Å²) in [4.78, 5) is 15.0. The van der Waals surface area contributed by atoms with Gasteiger partial charge in [-0.2, -0.15) is 0 Å². The maximum Gasteiger partial charge on any atom is 0.187 e. The summed E-state index contributed by atoms with van der Waals surface area (Å²) >= 11 is 3.42. The van der Waals surface area contributed by atoms with E-state index in [0.29, 0.717) is 5.56 Å². The van der Waals surface area contributed by atoms with Crippen molar-refractivity contribution in [3.63, 3.8) is 0 Å².